The molecule has 192 valence electrons. The molecule has 0 saturated heterocycles. The normalized spacial score (nSPS) is 12.9. The Hall–Kier alpha value is -4.17. The summed E-state index contributed by atoms with van der Waals surface area (Å²) in [6.45, 7) is 0.926. The number of nitrogens with zero attached hydrogens (tertiary/aromatic N) is 1. The second-order valence-corrected chi connectivity index (χ2v) is 9.14. The molecule has 8 heteroatoms. The zero-order valence-electron chi connectivity index (χ0n) is 20.7. The first kappa shape index (κ1) is 25.9. The van der Waals surface area contributed by atoms with Crippen molar-refractivity contribution in [3.8, 4) is 11.1 Å². The van der Waals surface area contributed by atoms with Gasteiger partial charge in [-0.2, -0.15) is 0 Å². The van der Waals surface area contributed by atoms with Crippen molar-refractivity contribution in [2.75, 3.05) is 26.7 Å². The lowest BCUT2D eigenvalue weighted by Gasteiger charge is -2.22. The number of carboxylic acid groups (broad SMARTS) is 1. The monoisotopic (exact) mass is 501 g/mol. The van der Waals surface area contributed by atoms with E-state index in [1.807, 2.05) is 71.6 Å². The molecule has 1 aliphatic rings. The molecule has 0 bridgehead atoms. The molecule has 3 aromatic rings. The molecule has 0 aliphatic heterocycles. The lowest BCUT2D eigenvalue weighted by Crippen LogP contribution is -2.48. The smallest absolute Gasteiger partial charge is 0.407 e. The number of aliphatic carboxylic acids is 1. The van der Waals surface area contributed by atoms with Gasteiger partial charge in [0.2, 0.25) is 5.91 Å². The molecule has 4 rings (SSSR count). The van der Waals surface area contributed by atoms with Crippen molar-refractivity contribution >= 4 is 18.0 Å². The topological polar surface area (TPSA) is 108 Å². The number of hydrogen-bond acceptors (Lipinski definition) is 5. The fourth-order valence-electron chi connectivity index (χ4n) is 4.65. The number of carbonyl (C=O) groups excluding carboxylic acids is 2. The highest BCUT2D eigenvalue weighted by atomic mass is 16.5. The minimum Gasteiger partial charge on any atom is -0.480 e. The largest absolute Gasteiger partial charge is 0.480 e. The third-order valence-electron chi connectivity index (χ3n) is 6.39. The molecule has 0 heterocycles. The van der Waals surface area contributed by atoms with Crippen LogP contribution in [0.15, 0.2) is 78.9 Å². The Balaban J connectivity index is 1.21. The maximum atomic E-state index is 12.3. The lowest BCUT2D eigenvalue weighted by molar-refractivity contribution is -0.142. The molecule has 1 atom stereocenters. The molecule has 37 heavy (non-hydrogen) atoms. The summed E-state index contributed by atoms with van der Waals surface area (Å²) >= 11 is 0. The third kappa shape index (κ3) is 6.74. The molecular formula is C29H31N3O5. The average Bonchev–Trinajstić information content (AvgIpc) is 3.21. The summed E-state index contributed by atoms with van der Waals surface area (Å²) in [7, 11) is 1.80. The standard InChI is InChI=1S/C29H31N3O5/c1-32(17-20-9-3-2-4-10-20)18-26(28(34)35)31-27(33)15-16-30-29(36)37-19-25-23-13-7-5-11-21(23)22-12-6-8-14-24(22)25/h2-14,25-26H,15-19H2,1H3,(H,30,36)(H,31,33)(H,34,35). The number of fused-ring (bicyclic) bond motifs is 3. The third-order valence-corrected chi connectivity index (χ3v) is 6.39. The van der Waals surface area contributed by atoms with Gasteiger partial charge >= 0.3 is 12.1 Å². The number of benzene rings is 3. The van der Waals surface area contributed by atoms with Crippen molar-refractivity contribution in [1.29, 1.82) is 0 Å². The molecule has 0 aromatic heterocycles. The van der Waals surface area contributed by atoms with Crippen LogP contribution in [0.2, 0.25) is 0 Å². The second-order valence-electron chi connectivity index (χ2n) is 9.14. The molecule has 0 radical (unpaired) electrons. The van der Waals surface area contributed by atoms with E-state index in [9.17, 15) is 19.5 Å². The summed E-state index contributed by atoms with van der Waals surface area (Å²) in [4.78, 5) is 38.1. The van der Waals surface area contributed by atoms with Gasteiger partial charge in [-0.3, -0.25) is 9.69 Å². The van der Waals surface area contributed by atoms with Crippen LogP contribution in [0, 0.1) is 0 Å². The van der Waals surface area contributed by atoms with Gasteiger partial charge in [0.05, 0.1) is 0 Å². The Morgan fingerprint density at radius 3 is 2.14 bits per heavy atom. The minimum absolute atomic E-state index is 0.0364. The molecule has 8 nitrogen and oxygen atoms in total. The molecular weight excluding hydrogens is 470 g/mol. The Morgan fingerprint density at radius 2 is 1.51 bits per heavy atom. The van der Waals surface area contributed by atoms with Crippen LogP contribution in [0.1, 0.15) is 29.0 Å². The van der Waals surface area contributed by atoms with Crippen molar-refractivity contribution in [2.24, 2.45) is 0 Å². The number of rotatable bonds is 11. The molecule has 3 aromatic carbocycles. The van der Waals surface area contributed by atoms with Gasteiger partial charge < -0.3 is 20.5 Å². The van der Waals surface area contributed by atoms with Gasteiger partial charge in [-0.25, -0.2) is 9.59 Å². The molecule has 3 N–H and O–H groups in total. The molecule has 2 amide bonds. The van der Waals surface area contributed by atoms with Gasteiger partial charge in [0.15, 0.2) is 0 Å². The minimum atomic E-state index is -1.11. The predicted molar refractivity (Wildman–Crippen MR) is 140 cm³/mol. The van der Waals surface area contributed by atoms with Crippen LogP contribution in [-0.2, 0) is 20.9 Å². The van der Waals surface area contributed by atoms with Gasteiger partial charge in [-0.15, -0.1) is 0 Å². The van der Waals surface area contributed by atoms with E-state index >= 15 is 0 Å². The summed E-state index contributed by atoms with van der Waals surface area (Å²) in [6, 6.07) is 24.8. The predicted octanol–water partition coefficient (Wildman–Crippen LogP) is 3.62. The molecule has 1 unspecified atom stereocenters. The van der Waals surface area contributed by atoms with Crippen LogP contribution in [0.4, 0.5) is 4.79 Å². The van der Waals surface area contributed by atoms with E-state index in [1.165, 1.54) is 0 Å². The SMILES string of the molecule is CN(Cc1ccccc1)CC(NC(=O)CCNC(=O)OCC1c2ccccc2-c2ccccc21)C(=O)O. The molecule has 0 spiro atoms. The number of carboxylic acids is 1. The van der Waals surface area contributed by atoms with Crippen molar-refractivity contribution in [1.82, 2.24) is 15.5 Å². The lowest BCUT2D eigenvalue weighted by atomic mass is 9.98. The van der Waals surface area contributed by atoms with E-state index < -0.39 is 24.0 Å². The first-order chi connectivity index (χ1) is 17.9. The Labute approximate surface area is 216 Å². The highest BCUT2D eigenvalue weighted by molar-refractivity contribution is 5.84. The number of amides is 2. The summed E-state index contributed by atoms with van der Waals surface area (Å²) in [5.74, 6) is -1.62. The maximum absolute atomic E-state index is 12.3. The molecule has 1 aliphatic carbocycles. The van der Waals surface area contributed by atoms with Crippen LogP contribution < -0.4 is 10.6 Å². The fourth-order valence-corrected chi connectivity index (χ4v) is 4.65. The quantitative estimate of drug-likeness (QED) is 0.371. The van der Waals surface area contributed by atoms with E-state index in [0.717, 1.165) is 27.8 Å². The highest BCUT2D eigenvalue weighted by Crippen LogP contribution is 2.44. The highest BCUT2D eigenvalue weighted by Gasteiger charge is 2.29. The van der Waals surface area contributed by atoms with Crippen LogP contribution >= 0.6 is 0 Å². The number of alkyl carbamates (subject to hydrolysis) is 1. The number of nitrogens with one attached hydrogen (secondary N) is 2. The van der Waals surface area contributed by atoms with Crippen molar-refractivity contribution < 1.29 is 24.2 Å². The maximum Gasteiger partial charge on any atom is 0.407 e. The van der Waals surface area contributed by atoms with E-state index in [0.29, 0.717) is 6.54 Å². The number of likely N-dealkylation sites (N-methyl/N-ethyl adjacent to an activating group) is 1. The molecule has 0 saturated carbocycles. The van der Waals surface area contributed by atoms with Crippen LogP contribution in [0.5, 0.6) is 0 Å². The van der Waals surface area contributed by atoms with Gasteiger partial charge in [-0.1, -0.05) is 78.9 Å². The van der Waals surface area contributed by atoms with Crippen LogP contribution in [0.25, 0.3) is 11.1 Å². The van der Waals surface area contributed by atoms with E-state index in [2.05, 4.69) is 22.8 Å². The van der Waals surface area contributed by atoms with Crippen molar-refractivity contribution in [2.45, 2.75) is 24.9 Å². The van der Waals surface area contributed by atoms with Crippen LogP contribution in [0.3, 0.4) is 0 Å². The molecule has 0 fully saturated rings. The van der Waals surface area contributed by atoms with E-state index in [4.69, 9.17) is 4.74 Å². The summed E-state index contributed by atoms with van der Waals surface area (Å²) < 4.78 is 5.47. The van der Waals surface area contributed by atoms with E-state index in [-0.39, 0.29) is 32.0 Å². The summed E-state index contributed by atoms with van der Waals surface area (Å²) in [5.41, 5.74) is 5.57. The van der Waals surface area contributed by atoms with Crippen molar-refractivity contribution in [3.63, 3.8) is 0 Å². The van der Waals surface area contributed by atoms with Gasteiger partial charge in [0, 0.05) is 32.0 Å². The van der Waals surface area contributed by atoms with Crippen molar-refractivity contribution in [3.05, 3.63) is 95.6 Å². The van der Waals surface area contributed by atoms with Gasteiger partial charge in [0.25, 0.3) is 0 Å². The Bertz CT molecular complexity index is 1200. The first-order valence-corrected chi connectivity index (χ1v) is 12.3. The zero-order valence-corrected chi connectivity index (χ0v) is 20.7. The van der Waals surface area contributed by atoms with Crippen LogP contribution in [-0.4, -0.2) is 60.8 Å². The number of ether oxygens (including phenoxy) is 1. The summed E-state index contributed by atoms with van der Waals surface area (Å²) in [6.07, 6.45) is -0.678. The Kier molecular flexibility index (Phi) is 8.53. The van der Waals surface area contributed by atoms with E-state index in [1.54, 1.807) is 7.05 Å². The van der Waals surface area contributed by atoms with Gasteiger partial charge in [-0.05, 0) is 34.9 Å². The summed E-state index contributed by atoms with van der Waals surface area (Å²) in [5, 5.41) is 14.6. The average molecular weight is 502 g/mol. The van der Waals surface area contributed by atoms with Gasteiger partial charge in [0.1, 0.15) is 12.6 Å². The second kappa shape index (κ2) is 12.2. The number of hydrogen-bond donors (Lipinski definition) is 3. The first-order valence-electron chi connectivity index (χ1n) is 12.3. The Morgan fingerprint density at radius 1 is 0.919 bits per heavy atom. The zero-order chi connectivity index (χ0) is 26.2. The number of carbonyl (C=O) groups is 3. The fraction of sp³-hybridized carbons (Fsp3) is 0.276.